The zero-order valence-electron chi connectivity index (χ0n) is 31.8. The maximum atomic E-state index is 6.06. The first-order valence-corrected chi connectivity index (χ1v) is 19.2. The Labute approximate surface area is 330 Å². The average Bonchev–Trinajstić information content (AvgIpc) is 3.23. The van der Waals surface area contributed by atoms with Gasteiger partial charge in [-0.2, -0.15) is 0 Å². The molecule has 0 aromatic heterocycles. The largest absolute Gasteiger partial charge is 0.379 e. The minimum absolute atomic E-state index is 0.0497. The molecule has 0 unspecified atom stereocenters. The Hall–Kier alpha value is -5.76. The summed E-state index contributed by atoms with van der Waals surface area (Å²) in [6.45, 7) is 13.0. The minimum Gasteiger partial charge on any atom is -0.379 e. The lowest BCUT2D eigenvalue weighted by molar-refractivity contribution is -0.122. The molecule has 56 heavy (non-hydrogen) atoms. The number of para-hydroxylation sites is 2. The van der Waals surface area contributed by atoms with Crippen LogP contribution in [0.25, 0.3) is 11.1 Å². The smallest absolute Gasteiger partial charge is 0.0717 e. The Morgan fingerprint density at radius 2 is 0.732 bits per heavy atom. The van der Waals surface area contributed by atoms with E-state index in [-0.39, 0.29) is 10.8 Å². The van der Waals surface area contributed by atoms with Crippen molar-refractivity contribution in [3.8, 4) is 11.1 Å². The van der Waals surface area contributed by atoms with Crippen LogP contribution in [0.1, 0.15) is 11.1 Å². The third-order valence-electron chi connectivity index (χ3n) is 10.7. The van der Waals surface area contributed by atoms with E-state index in [1.54, 1.807) is 0 Å². The maximum Gasteiger partial charge on any atom is 0.0717 e. The van der Waals surface area contributed by atoms with Crippen LogP contribution < -0.4 is 9.80 Å². The fraction of sp³-hybridized carbons (Fsp3) is 0.200. The summed E-state index contributed by atoms with van der Waals surface area (Å²) in [5, 5.41) is 0. The number of nitrogens with zero attached hydrogens (tertiary/aromatic N) is 2. The molecule has 0 aliphatic carbocycles. The minimum atomic E-state index is -0.0497. The van der Waals surface area contributed by atoms with Crippen LogP contribution in [0.5, 0.6) is 0 Å². The van der Waals surface area contributed by atoms with Crippen LogP contribution in [0, 0.1) is 10.8 Å². The first-order chi connectivity index (χ1) is 27.6. The standard InChI is InChI=1S/C50H48N2O4/c1-3-49(35-55-36-49)33-53-31-39-15-23-45(24-16-39)51(43-11-7-5-8-12-43)47-27-19-41(20-28-47)42-21-29-48(30-22-42)52(44-13-9-6-10-14-44)46-25-17-40(18-26-46)32-54-34-50(4-2)37-56-38-50/h3-30H,1-2,31-38H2. The summed E-state index contributed by atoms with van der Waals surface area (Å²) in [4.78, 5) is 4.57. The van der Waals surface area contributed by atoms with Crippen molar-refractivity contribution >= 4 is 34.1 Å². The second kappa shape index (κ2) is 16.9. The van der Waals surface area contributed by atoms with E-state index in [0.717, 1.165) is 56.4 Å². The van der Waals surface area contributed by atoms with Gasteiger partial charge in [-0.05, 0) is 95.1 Å². The fourth-order valence-electron chi connectivity index (χ4n) is 7.13. The number of benzene rings is 6. The van der Waals surface area contributed by atoms with Crippen LogP contribution in [0.4, 0.5) is 34.1 Å². The van der Waals surface area contributed by atoms with Crippen LogP contribution in [-0.2, 0) is 32.2 Å². The number of anilines is 6. The Balaban J connectivity index is 0.975. The SMILES string of the molecule is C=CC1(COCc2ccc(N(c3ccccc3)c3ccc(-c4ccc(N(c5ccccc5)c5ccc(COCC6(C=C)COC6)cc5)cc4)cc3)cc2)COC1. The Morgan fingerprint density at radius 3 is 1.02 bits per heavy atom. The number of rotatable bonds is 17. The molecule has 6 aromatic rings. The molecule has 6 heteroatoms. The van der Waals surface area contributed by atoms with Crippen LogP contribution >= 0.6 is 0 Å². The lowest BCUT2D eigenvalue weighted by Crippen LogP contribution is -2.44. The van der Waals surface area contributed by atoms with Gasteiger partial charge in [0.15, 0.2) is 0 Å². The van der Waals surface area contributed by atoms with Crippen LogP contribution in [0.2, 0.25) is 0 Å². The molecule has 0 amide bonds. The normalized spacial score (nSPS) is 15.2. The van der Waals surface area contributed by atoms with E-state index in [4.69, 9.17) is 18.9 Å². The summed E-state index contributed by atoms with van der Waals surface area (Å²) in [6.07, 6.45) is 3.92. The second-order valence-electron chi connectivity index (χ2n) is 14.9. The number of hydrogen-bond donors (Lipinski definition) is 0. The summed E-state index contributed by atoms with van der Waals surface area (Å²) in [6, 6.07) is 55.8. The van der Waals surface area contributed by atoms with Gasteiger partial charge in [0, 0.05) is 34.1 Å². The van der Waals surface area contributed by atoms with Crippen molar-refractivity contribution in [1.29, 1.82) is 0 Å². The van der Waals surface area contributed by atoms with E-state index in [0.29, 0.717) is 52.9 Å². The first-order valence-electron chi connectivity index (χ1n) is 19.2. The van der Waals surface area contributed by atoms with Crippen LogP contribution in [-0.4, -0.2) is 39.6 Å². The highest BCUT2D eigenvalue weighted by molar-refractivity contribution is 5.80. The van der Waals surface area contributed by atoms with Gasteiger partial charge in [-0.1, -0.05) is 97.1 Å². The van der Waals surface area contributed by atoms with Crippen LogP contribution in [0.15, 0.2) is 183 Å². The van der Waals surface area contributed by atoms with Gasteiger partial charge in [-0.25, -0.2) is 0 Å². The van der Waals surface area contributed by atoms with Gasteiger partial charge in [-0.15, -0.1) is 13.2 Å². The Kier molecular flexibility index (Phi) is 11.2. The molecule has 0 N–H and O–H groups in total. The lowest BCUT2D eigenvalue weighted by Gasteiger charge is -2.38. The predicted octanol–water partition coefficient (Wildman–Crippen LogP) is 11.7. The lowest BCUT2D eigenvalue weighted by atomic mass is 9.87. The van der Waals surface area contributed by atoms with Gasteiger partial charge in [0.05, 0.1) is 63.7 Å². The molecule has 0 radical (unpaired) electrons. The molecule has 0 atom stereocenters. The highest BCUT2D eigenvalue weighted by Gasteiger charge is 2.36. The third-order valence-corrected chi connectivity index (χ3v) is 10.7. The van der Waals surface area contributed by atoms with Crippen molar-refractivity contribution in [1.82, 2.24) is 0 Å². The molecular weight excluding hydrogens is 693 g/mol. The quantitative estimate of drug-likeness (QED) is 0.0868. The Bertz CT molecular complexity index is 2020. The molecule has 2 fully saturated rings. The van der Waals surface area contributed by atoms with Gasteiger partial charge in [0.1, 0.15) is 0 Å². The zero-order chi connectivity index (χ0) is 38.2. The van der Waals surface area contributed by atoms with Crippen molar-refractivity contribution in [3.63, 3.8) is 0 Å². The van der Waals surface area contributed by atoms with Crippen molar-refractivity contribution in [2.75, 3.05) is 49.4 Å². The van der Waals surface area contributed by atoms with E-state index in [1.807, 2.05) is 24.3 Å². The highest BCUT2D eigenvalue weighted by Crippen LogP contribution is 2.38. The Morgan fingerprint density at radius 1 is 0.429 bits per heavy atom. The van der Waals surface area contributed by atoms with E-state index in [1.165, 1.54) is 0 Å². The number of hydrogen-bond acceptors (Lipinski definition) is 6. The molecule has 6 nitrogen and oxygen atoms in total. The maximum absolute atomic E-state index is 6.06. The van der Waals surface area contributed by atoms with Gasteiger partial charge >= 0.3 is 0 Å². The molecule has 0 spiro atoms. The monoisotopic (exact) mass is 740 g/mol. The second-order valence-corrected chi connectivity index (χ2v) is 14.9. The third kappa shape index (κ3) is 8.25. The fourth-order valence-corrected chi connectivity index (χ4v) is 7.13. The summed E-state index contributed by atoms with van der Waals surface area (Å²) in [5.74, 6) is 0. The van der Waals surface area contributed by atoms with E-state index >= 15 is 0 Å². The molecule has 2 saturated heterocycles. The zero-order valence-corrected chi connectivity index (χ0v) is 31.8. The van der Waals surface area contributed by atoms with E-state index in [2.05, 4.69) is 169 Å². The molecular formula is C50H48N2O4. The van der Waals surface area contributed by atoms with Crippen molar-refractivity contribution in [2.24, 2.45) is 10.8 Å². The molecule has 0 bridgehead atoms. The summed E-state index contributed by atoms with van der Waals surface area (Å²) in [5.41, 5.74) is 11.0. The average molecular weight is 741 g/mol. The first kappa shape index (κ1) is 37.2. The van der Waals surface area contributed by atoms with Crippen molar-refractivity contribution in [2.45, 2.75) is 13.2 Å². The molecule has 0 saturated carbocycles. The molecule has 282 valence electrons. The molecule has 2 aliphatic heterocycles. The van der Waals surface area contributed by atoms with E-state index in [9.17, 15) is 0 Å². The molecule has 2 aliphatic rings. The summed E-state index contributed by atoms with van der Waals surface area (Å²) < 4.78 is 22.9. The molecule has 2 heterocycles. The van der Waals surface area contributed by atoms with Gasteiger partial charge in [0.2, 0.25) is 0 Å². The van der Waals surface area contributed by atoms with Gasteiger partial charge < -0.3 is 28.7 Å². The van der Waals surface area contributed by atoms with Crippen molar-refractivity contribution < 1.29 is 18.9 Å². The predicted molar refractivity (Wildman–Crippen MR) is 227 cm³/mol. The summed E-state index contributed by atoms with van der Waals surface area (Å²) in [7, 11) is 0. The highest BCUT2D eigenvalue weighted by atomic mass is 16.5. The topological polar surface area (TPSA) is 43.4 Å². The number of ether oxygens (including phenoxy) is 4. The molecule has 6 aromatic carbocycles. The van der Waals surface area contributed by atoms with Crippen molar-refractivity contribution in [3.05, 3.63) is 194 Å². The molecule has 8 rings (SSSR count). The van der Waals surface area contributed by atoms with Gasteiger partial charge in [-0.3, -0.25) is 0 Å². The summed E-state index contributed by atoms with van der Waals surface area (Å²) >= 11 is 0. The van der Waals surface area contributed by atoms with E-state index < -0.39 is 0 Å². The van der Waals surface area contributed by atoms with Crippen LogP contribution in [0.3, 0.4) is 0 Å². The van der Waals surface area contributed by atoms with Gasteiger partial charge in [0.25, 0.3) is 0 Å².